The number of carboxylic acids is 1. The Morgan fingerprint density at radius 2 is 1.84 bits per heavy atom. The first-order valence-corrected chi connectivity index (χ1v) is 12.1. The molecule has 1 aromatic carbocycles. The van der Waals surface area contributed by atoms with Crippen LogP contribution in [-0.2, 0) is 12.8 Å². The highest BCUT2D eigenvalue weighted by atomic mass is 35.5. The molecular weight excluding hydrogens is 430 g/mol. The summed E-state index contributed by atoms with van der Waals surface area (Å²) in [6.07, 6.45) is 9.47. The smallest absolute Gasteiger partial charge is 0.348 e. The molecular formula is C24H24ClN3O2S. The number of hydrogen-bond donors (Lipinski definition) is 1. The largest absolute Gasteiger partial charge is 0.477 e. The van der Waals surface area contributed by atoms with Crippen LogP contribution < -0.4 is 0 Å². The van der Waals surface area contributed by atoms with E-state index in [4.69, 9.17) is 21.6 Å². The Bertz CT molecular complexity index is 1160. The quantitative estimate of drug-likeness (QED) is 0.369. The van der Waals surface area contributed by atoms with Gasteiger partial charge in [-0.25, -0.2) is 14.8 Å². The van der Waals surface area contributed by atoms with E-state index in [2.05, 4.69) is 4.90 Å². The van der Waals surface area contributed by atoms with Crippen molar-refractivity contribution in [2.24, 2.45) is 4.99 Å². The summed E-state index contributed by atoms with van der Waals surface area (Å²) in [4.78, 5) is 25.0. The van der Waals surface area contributed by atoms with Crippen molar-refractivity contribution >= 4 is 51.1 Å². The summed E-state index contributed by atoms with van der Waals surface area (Å²) in [5.74, 6) is -0.950. The number of aromatic carboxylic acids is 1. The second-order valence-corrected chi connectivity index (χ2v) is 9.67. The van der Waals surface area contributed by atoms with Gasteiger partial charge in [-0.1, -0.05) is 23.7 Å². The molecule has 3 heterocycles. The second kappa shape index (κ2) is 8.60. The monoisotopic (exact) mass is 453 g/mol. The molecule has 0 amide bonds. The number of aryl methyl sites for hydroxylation is 1. The molecule has 5 rings (SSSR count). The van der Waals surface area contributed by atoms with Crippen molar-refractivity contribution in [3.05, 3.63) is 45.4 Å². The van der Waals surface area contributed by atoms with Gasteiger partial charge in [-0.15, -0.1) is 11.3 Å². The number of aromatic nitrogens is 1. The van der Waals surface area contributed by atoms with Gasteiger partial charge in [0.1, 0.15) is 15.4 Å². The average molecular weight is 454 g/mol. The summed E-state index contributed by atoms with van der Waals surface area (Å²) in [6, 6.07) is 7.81. The Balaban J connectivity index is 1.76. The number of halogens is 1. The zero-order valence-corrected chi connectivity index (χ0v) is 18.8. The van der Waals surface area contributed by atoms with Gasteiger partial charge in [-0.05, 0) is 73.8 Å². The van der Waals surface area contributed by atoms with Crippen molar-refractivity contribution in [3.63, 3.8) is 0 Å². The van der Waals surface area contributed by atoms with Crippen molar-refractivity contribution in [1.29, 1.82) is 0 Å². The molecule has 0 spiro atoms. The Kier molecular flexibility index (Phi) is 5.67. The minimum absolute atomic E-state index is 0.258. The van der Waals surface area contributed by atoms with Crippen LogP contribution in [0.1, 0.15) is 53.0 Å². The highest BCUT2D eigenvalue weighted by molar-refractivity contribution is 7.21. The number of benzene rings is 1. The maximum absolute atomic E-state index is 12.1. The molecule has 1 aliphatic heterocycles. The van der Waals surface area contributed by atoms with Crippen molar-refractivity contribution < 1.29 is 9.90 Å². The minimum Gasteiger partial charge on any atom is -0.477 e. The van der Waals surface area contributed by atoms with E-state index >= 15 is 0 Å². The number of piperidine rings is 1. The van der Waals surface area contributed by atoms with E-state index in [1.54, 1.807) is 0 Å². The van der Waals surface area contributed by atoms with Gasteiger partial charge in [0.25, 0.3) is 0 Å². The predicted octanol–water partition coefficient (Wildman–Crippen LogP) is 6.34. The molecule has 2 aromatic heterocycles. The average Bonchev–Trinajstić information content (AvgIpc) is 3.16. The molecule has 0 saturated carbocycles. The van der Waals surface area contributed by atoms with Crippen molar-refractivity contribution in [2.75, 3.05) is 13.1 Å². The third-order valence-corrected chi connectivity index (χ3v) is 7.47. The third-order valence-electron chi connectivity index (χ3n) is 6.16. The zero-order valence-electron chi connectivity index (χ0n) is 17.2. The number of likely N-dealkylation sites (tertiary alicyclic amines) is 1. The fourth-order valence-electron chi connectivity index (χ4n) is 4.65. The molecule has 5 nitrogen and oxygen atoms in total. The van der Waals surface area contributed by atoms with Crippen LogP contribution in [0.5, 0.6) is 0 Å². The van der Waals surface area contributed by atoms with Crippen molar-refractivity contribution in [3.8, 4) is 11.1 Å². The van der Waals surface area contributed by atoms with Crippen LogP contribution in [0, 0.1) is 0 Å². The predicted molar refractivity (Wildman–Crippen MR) is 127 cm³/mol. The highest BCUT2D eigenvalue weighted by Gasteiger charge is 2.26. The topological polar surface area (TPSA) is 65.8 Å². The van der Waals surface area contributed by atoms with Crippen molar-refractivity contribution in [1.82, 2.24) is 9.88 Å². The lowest BCUT2D eigenvalue weighted by molar-refractivity contribution is 0.0703. The van der Waals surface area contributed by atoms with Crippen LogP contribution in [0.25, 0.3) is 21.3 Å². The van der Waals surface area contributed by atoms with Gasteiger partial charge < -0.3 is 10.0 Å². The SMILES string of the molecule is O=C(O)c1sc2nc3c(c(-c4ccc(Cl)cc4)c2c1N=CN1CCCCC1)CCCC3. The van der Waals surface area contributed by atoms with Gasteiger partial charge in [-0.2, -0.15) is 0 Å². The van der Waals surface area contributed by atoms with E-state index in [0.29, 0.717) is 10.7 Å². The number of carboxylic acid groups (broad SMARTS) is 1. The molecule has 1 aliphatic carbocycles. The summed E-state index contributed by atoms with van der Waals surface area (Å²) in [5, 5.41) is 11.5. The fourth-order valence-corrected chi connectivity index (χ4v) is 5.76. The van der Waals surface area contributed by atoms with Gasteiger partial charge in [0.15, 0.2) is 0 Å². The standard InChI is InChI=1S/C24H24ClN3O2S/c25-16-10-8-15(9-11-16)19-17-6-2-3-7-18(17)27-23-20(19)21(22(31-23)24(29)30)26-14-28-12-4-1-5-13-28/h8-11,14H,1-7,12-13H2,(H,29,30). The summed E-state index contributed by atoms with van der Waals surface area (Å²) in [5.41, 5.74) is 4.97. The Morgan fingerprint density at radius 1 is 1.10 bits per heavy atom. The van der Waals surface area contributed by atoms with E-state index in [-0.39, 0.29) is 4.88 Å². The maximum Gasteiger partial charge on any atom is 0.348 e. The van der Waals surface area contributed by atoms with E-state index in [0.717, 1.165) is 78.7 Å². The normalized spacial score (nSPS) is 16.7. The molecule has 0 atom stereocenters. The zero-order chi connectivity index (χ0) is 21.4. The van der Waals surface area contributed by atoms with Crippen molar-refractivity contribution in [2.45, 2.75) is 44.9 Å². The second-order valence-electron chi connectivity index (χ2n) is 8.23. The molecule has 0 radical (unpaired) electrons. The summed E-state index contributed by atoms with van der Waals surface area (Å²) >= 11 is 7.39. The number of pyridine rings is 1. The molecule has 0 unspecified atom stereocenters. The van der Waals surface area contributed by atoms with Gasteiger partial charge in [-0.3, -0.25) is 0 Å². The molecule has 1 saturated heterocycles. The first kappa shape index (κ1) is 20.5. The number of hydrogen-bond acceptors (Lipinski definition) is 4. The Hall–Kier alpha value is -2.44. The van der Waals surface area contributed by atoms with Crippen LogP contribution in [0.4, 0.5) is 5.69 Å². The Labute approximate surface area is 190 Å². The third kappa shape index (κ3) is 3.94. The number of carbonyl (C=O) groups is 1. The summed E-state index contributed by atoms with van der Waals surface area (Å²) in [6.45, 7) is 1.93. The van der Waals surface area contributed by atoms with Gasteiger partial charge in [0.05, 0.1) is 6.34 Å². The molecule has 7 heteroatoms. The van der Waals surface area contributed by atoms with Crippen LogP contribution in [0.3, 0.4) is 0 Å². The van der Waals surface area contributed by atoms with Crippen LogP contribution in [0.15, 0.2) is 29.3 Å². The van der Waals surface area contributed by atoms with E-state index < -0.39 is 5.97 Å². The van der Waals surface area contributed by atoms with E-state index in [1.807, 2.05) is 30.6 Å². The van der Waals surface area contributed by atoms with Gasteiger partial charge >= 0.3 is 5.97 Å². The fraction of sp³-hybridized carbons (Fsp3) is 0.375. The lowest BCUT2D eigenvalue weighted by Crippen LogP contribution is -2.28. The van der Waals surface area contributed by atoms with Gasteiger partial charge in [0.2, 0.25) is 0 Å². The van der Waals surface area contributed by atoms with Crippen LogP contribution in [0.2, 0.25) is 5.02 Å². The molecule has 3 aromatic rings. The highest BCUT2D eigenvalue weighted by Crippen LogP contribution is 2.46. The molecule has 0 bridgehead atoms. The van der Waals surface area contributed by atoms with Crippen LogP contribution >= 0.6 is 22.9 Å². The molecule has 1 N–H and O–H groups in total. The van der Waals surface area contributed by atoms with E-state index in [1.165, 1.54) is 23.3 Å². The molecule has 160 valence electrons. The lowest BCUT2D eigenvalue weighted by Gasteiger charge is -2.24. The number of fused-ring (bicyclic) bond motifs is 2. The maximum atomic E-state index is 12.1. The number of aliphatic imine (C=N–C) groups is 1. The number of nitrogens with zero attached hydrogens (tertiary/aromatic N) is 3. The first-order valence-electron chi connectivity index (χ1n) is 10.9. The molecule has 2 aliphatic rings. The van der Waals surface area contributed by atoms with Gasteiger partial charge in [0, 0.05) is 29.2 Å². The number of rotatable bonds is 4. The lowest BCUT2D eigenvalue weighted by atomic mass is 9.87. The molecule has 1 fully saturated rings. The van der Waals surface area contributed by atoms with E-state index in [9.17, 15) is 9.90 Å². The molecule has 31 heavy (non-hydrogen) atoms. The number of thiophene rings is 1. The first-order chi connectivity index (χ1) is 15.1. The van der Waals surface area contributed by atoms with Crippen LogP contribution in [-0.4, -0.2) is 40.4 Å². The Morgan fingerprint density at radius 3 is 2.58 bits per heavy atom. The minimum atomic E-state index is -0.950. The summed E-state index contributed by atoms with van der Waals surface area (Å²) in [7, 11) is 0. The summed E-state index contributed by atoms with van der Waals surface area (Å²) < 4.78 is 0.